The minimum atomic E-state index is 0.794. The van der Waals surface area contributed by atoms with Crippen LogP contribution in [0.2, 0.25) is 0 Å². The number of aldehydes is 1. The van der Waals surface area contributed by atoms with Gasteiger partial charge in [0.2, 0.25) is 0 Å². The van der Waals surface area contributed by atoms with Gasteiger partial charge in [-0.1, -0.05) is 18.2 Å². The van der Waals surface area contributed by atoms with E-state index in [9.17, 15) is 4.79 Å². The van der Waals surface area contributed by atoms with Crippen LogP contribution in [0.4, 0.5) is 0 Å². The number of nitrogens with one attached hydrogen (secondary N) is 1. The van der Waals surface area contributed by atoms with E-state index in [1.807, 2.05) is 18.2 Å². The number of likely N-dealkylation sites (N-methyl/N-ethyl adjacent to an activating group) is 1. The highest BCUT2D eigenvalue weighted by Crippen LogP contribution is 2.27. The minimum absolute atomic E-state index is 0.794. The number of rotatable bonds is 2. The average Bonchev–Trinajstić information content (AvgIpc) is 3.01. The van der Waals surface area contributed by atoms with Gasteiger partial charge in [-0.25, -0.2) is 0 Å². The van der Waals surface area contributed by atoms with Crippen LogP contribution in [0.5, 0.6) is 0 Å². The zero-order valence-corrected chi connectivity index (χ0v) is 14.2. The second-order valence-electron chi connectivity index (χ2n) is 6.29. The van der Waals surface area contributed by atoms with Crippen molar-refractivity contribution in [1.82, 2.24) is 10.2 Å². The summed E-state index contributed by atoms with van der Waals surface area (Å²) in [5.74, 6) is 0.981. The van der Waals surface area contributed by atoms with E-state index in [1.54, 1.807) is 11.3 Å². The van der Waals surface area contributed by atoms with Gasteiger partial charge in [-0.05, 0) is 62.8 Å². The molecule has 1 aromatic carbocycles. The number of carbonyl (C=O) groups is 1. The summed E-state index contributed by atoms with van der Waals surface area (Å²) in [7, 11) is 2.09. The molecule has 1 aromatic heterocycles. The smallest absolute Gasteiger partial charge is 0.160 e. The number of aryl methyl sites for hydroxylation is 1. The molecule has 3 aliphatic heterocycles. The number of fused-ring (bicyclic) bond motifs is 4. The Morgan fingerprint density at radius 1 is 1.32 bits per heavy atom. The molecule has 1 unspecified atom stereocenters. The molecule has 0 spiro atoms. The van der Waals surface area contributed by atoms with Crippen molar-refractivity contribution < 1.29 is 4.79 Å². The Balaban J connectivity index is 0.000000133. The topological polar surface area (TPSA) is 32.3 Å². The van der Waals surface area contributed by atoms with Gasteiger partial charge in [0.05, 0.1) is 4.88 Å². The number of benzene rings is 1. The van der Waals surface area contributed by atoms with Gasteiger partial charge >= 0.3 is 0 Å². The summed E-state index contributed by atoms with van der Waals surface area (Å²) in [6.07, 6.45) is 3.75. The van der Waals surface area contributed by atoms with Crippen molar-refractivity contribution >= 4 is 27.7 Å². The third kappa shape index (κ3) is 3.24. The standard InChI is InChI=1S/C10H8OS.C8H16N2/c1-7-3-2-4-8-5-9(6-11)12-10(7)8;1-9-8-6-10-4-2-7(8)3-5-10/h2-6H,1H3;7-9H,2-6H2,1H3. The molecule has 3 saturated heterocycles. The van der Waals surface area contributed by atoms with Gasteiger partial charge in [-0.2, -0.15) is 0 Å². The molecular weight excluding hydrogens is 292 g/mol. The van der Waals surface area contributed by atoms with Gasteiger partial charge in [-0.3, -0.25) is 4.79 Å². The van der Waals surface area contributed by atoms with Crippen molar-refractivity contribution in [1.29, 1.82) is 0 Å². The molecule has 22 heavy (non-hydrogen) atoms. The first-order chi connectivity index (χ1) is 10.7. The molecule has 0 saturated carbocycles. The van der Waals surface area contributed by atoms with Gasteiger partial charge < -0.3 is 10.2 Å². The molecule has 1 atom stereocenters. The fourth-order valence-electron chi connectivity index (χ4n) is 3.58. The molecule has 0 aliphatic carbocycles. The van der Waals surface area contributed by atoms with E-state index in [0.717, 1.165) is 23.1 Å². The van der Waals surface area contributed by atoms with Crippen molar-refractivity contribution in [3.8, 4) is 0 Å². The maximum Gasteiger partial charge on any atom is 0.160 e. The molecule has 118 valence electrons. The summed E-state index contributed by atoms with van der Waals surface area (Å²) in [5, 5.41) is 4.56. The Morgan fingerprint density at radius 2 is 2.09 bits per heavy atom. The molecule has 4 heterocycles. The lowest BCUT2D eigenvalue weighted by molar-refractivity contribution is 0.0764. The third-order valence-corrected chi connectivity index (χ3v) is 6.11. The highest BCUT2D eigenvalue weighted by atomic mass is 32.1. The van der Waals surface area contributed by atoms with E-state index in [-0.39, 0.29) is 0 Å². The normalized spacial score (nSPS) is 26.5. The first kappa shape index (κ1) is 15.7. The van der Waals surface area contributed by atoms with Crippen LogP contribution in [0.1, 0.15) is 28.1 Å². The average molecular weight is 316 g/mol. The number of nitrogens with zero attached hydrogens (tertiary/aromatic N) is 1. The lowest BCUT2D eigenvalue weighted by atomic mass is 9.84. The van der Waals surface area contributed by atoms with Crippen LogP contribution in [0.3, 0.4) is 0 Å². The maximum atomic E-state index is 10.5. The first-order valence-electron chi connectivity index (χ1n) is 8.05. The summed E-state index contributed by atoms with van der Waals surface area (Å²) in [6, 6.07) is 8.83. The lowest BCUT2D eigenvalue weighted by Gasteiger charge is -2.44. The summed E-state index contributed by atoms with van der Waals surface area (Å²) < 4.78 is 1.22. The Bertz CT molecular complexity index is 644. The number of hydrogen-bond acceptors (Lipinski definition) is 4. The number of hydrogen-bond donors (Lipinski definition) is 1. The predicted octanol–water partition coefficient (Wildman–Crippen LogP) is 3.32. The number of carbonyl (C=O) groups excluding carboxylic acids is 1. The molecule has 2 bridgehead atoms. The van der Waals surface area contributed by atoms with Crippen molar-refractivity contribution in [2.24, 2.45) is 5.92 Å². The largest absolute Gasteiger partial charge is 0.315 e. The van der Waals surface area contributed by atoms with E-state index in [1.165, 1.54) is 48.1 Å². The van der Waals surface area contributed by atoms with Crippen LogP contribution in [-0.4, -0.2) is 43.9 Å². The number of thiophene rings is 1. The molecule has 3 nitrogen and oxygen atoms in total. The molecule has 2 aromatic rings. The van der Waals surface area contributed by atoms with Crippen molar-refractivity contribution in [3.63, 3.8) is 0 Å². The highest BCUT2D eigenvalue weighted by Gasteiger charge is 2.32. The molecule has 3 fully saturated rings. The van der Waals surface area contributed by atoms with Crippen LogP contribution in [0.25, 0.3) is 10.1 Å². The molecule has 0 amide bonds. The van der Waals surface area contributed by atoms with Crippen LogP contribution >= 0.6 is 11.3 Å². The van der Waals surface area contributed by atoms with Crippen LogP contribution in [-0.2, 0) is 0 Å². The van der Waals surface area contributed by atoms with E-state index >= 15 is 0 Å². The van der Waals surface area contributed by atoms with Crippen LogP contribution in [0.15, 0.2) is 24.3 Å². The SMILES string of the molecule is CNC1CN2CCC1CC2.Cc1cccc2cc(C=O)sc12. The van der Waals surface area contributed by atoms with E-state index < -0.39 is 0 Å². The van der Waals surface area contributed by atoms with Crippen molar-refractivity contribution in [2.45, 2.75) is 25.8 Å². The highest BCUT2D eigenvalue weighted by molar-refractivity contribution is 7.20. The Morgan fingerprint density at radius 3 is 2.59 bits per heavy atom. The lowest BCUT2D eigenvalue weighted by Crippen LogP contribution is -2.55. The van der Waals surface area contributed by atoms with Gasteiger partial charge in [0.15, 0.2) is 6.29 Å². The van der Waals surface area contributed by atoms with E-state index in [2.05, 4.69) is 30.3 Å². The summed E-state index contributed by atoms with van der Waals surface area (Å²) in [5.41, 5.74) is 1.24. The predicted molar refractivity (Wildman–Crippen MR) is 94.0 cm³/mol. The molecule has 0 radical (unpaired) electrons. The van der Waals surface area contributed by atoms with Crippen LogP contribution < -0.4 is 5.32 Å². The Labute approximate surface area is 136 Å². The van der Waals surface area contributed by atoms with Gasteiger partial charge in [0.25, 0.3) is 0 Å². The van der Waals surface area contributed by atoms with Crippen molar-refractivity contribution in [2.75, 3.05) is 26.7 Å². The molecule has 4 heteroatoms. The van der Waals surface area contributed by atoms with E-state index in [0.29, 0.717) is 0 Å². The summed E-state index contributed by atoms with van der Waals surface area (Å²) in [4.78, 5) is 13.9. The first-order valence-corrected chi connectivity index (χ1v) is 8.87. The number of piperidine rings is 3. The molecule has 1 N–H and O–H groups in total. The molecular formula is C18H24N2OS. The summed E-state index contributed by atoms with van der Waals surface area (Å²) >= 11 is 1.56. The maximum absolute atomic E-state index is 10.5. The minimum Gasteiger partial charge on any atom is -0.315 e. The zero-order chi connectivity index (χ0) is 15.5. The molecule has 3 aliphatic rings. The second kappa shape index (κ2) is 6.90. The zero-order valence-electron chi connectivity index (χ0n) is 13.3. The monoisotopic (exact) mass is 316 g/mol. The third-order valence-electron chi connectivity index (χ3n) is 4.90. The fourth-order valence-corrected chi connectivity index (χ4v) is 4.52. The Kier molecular flexibility index (Phi) is 4.91. The summed E-state index contributed by atoms with van der Waals surface area (Å²) in [6.45, 7) is 6.06. The quantitative estimate of drug-likeness (QED) is 0.863. The van der Waals surface area contributed by atoms with Gasteiger partial charge in [0.1, 0.15) is 0 Å². The molecule has 5 rings (SSSR count). The Hall–Kier alpha value is -1.23. The second-order valence-corrected chi connectivity index (χ2v) is 7.38. The van der Waals surface area contributed by atoms with Gasteiger partial charge in [-0.15, -0.1) is 11.3 Å². The van der Waals surface area contributed by atoms with Crippen LogP contribution in [0, 0.1) is 12.8 Å². The van der Waals surface area contributed by atoms with Gasteiger partial charge in [0, 0.05) is 17.3 Å². The van der Waals surface area contributed by atoms with Crippen molar-refractivity contribution in [3.05, 3.63) is 34.7 Å². The fraction of sp³-hybridized carbons (Fsp3) is 0.500. The van der Waals surface area contributed by atoms with E-state index in [4.69, 9.17) is 0 Å².